The molecular weight excluding hydrogens is 238 g/mol. The first-order chi connectivity index (χ1) is 7.70. The van der Waals surface area contributed by atoms with Gasteiger partial charge in [-0.05, 0) is 31.2 Å². The van der Waals surface area contributed by atoms with Gasteiger partial charge in [-0.3, -0.25) is 4.79 Å². The van der Waals surface area contributed by atoms with E-state index in [2.05, 4.69) is 19.6 Å². The predicted molar refractivity (Wildman–Crippen MR) is 70.5 cm³/mol. The Morgan fingerprint density at radius 3 is 2.88 bits per heavy atom. The molecule has 0 bridgehead atoms. The Morgan fingerprint density at radius 1 is 1.62 bits per heavy atom. The lowest BCUT2D eigenvalue weighted by molar-refractivity contribution is 0.0752. The highest BCUT2D eigenvalue weighted by Gasteiger charge is 2.27. The first-order valence-corrected chi connectivity index (χ1v) is 7.10. The number of thiol groups is 1. The van der Waals surface area contributed by atoms with Crippen molar-refractivity contribution in [2.75, 3.05) is 13.1 Å². The van der Waals surface area contributed by atoms with Crippen LogP contribution in [0.15, 0.2) is 16.3 Å². The van der Waals surface area contributed by atoms with E-state index in [4.69, 9.17) is 0 Å². The number of amides is 1. The Balaban J connectivity index is 2.02. The molecule has 1 aromatic rings. The molecule has 0 atom stereocenters. The number of carbonyl (C=O) groups is 1. The first kappa shape index (κ1) is 12.0. The Bertz CT molecular complexity index is 371. The van der Waals surface area contributed by atoms with Crippen molar-refractivity contribution in [3.05, 3.63) is 16.3 Å². The summed E-state index contributed by atoms with van der Waals surface area (Å²) in [6, 6.07) is 1.87. The molecular formula is C12H17NOS2. The number of hydrogen-bond donors (Lipinski definition) is 1. The molecule has 0 radical (unpaired) electrons. The van der Waals surface area contributed by atoms with Crippen LogP contribution in [0.2, 0.25) is 0 Å². The highest BCUT2D eigenvalue weighted by atomic mass is 32.1. The average Bonchev–Trinajstić information content (AvgIpc) is 2.97. The van der Waals surface area contributed by atoms with Crippen molar-refractivity contribution in [2.24, 2.45) is 5.92 Å². The SMILES string of the molecule is CCCN(CC1CC1)C(=O)c1cc(S)cs1. The van der Waals surface area contributed by atoms with Gasteiger partial charge < -0.3 is 4.90 Å². The largest absolute Gasteiger partial charge is 0.338 e. The van der Waals surface area contributed by atoms with Gasteiger partial charge in [0.25, 0.3) is 5.91 Å². The third-order valence-electron chi connectivity index (χ3n) is 2.75. The fourth-order valence-corrected chi connectivity index (χ4v) is 2.87. The molecule has 1 aliphatic carbocycles. The molecule has 88 valence electrons. The van der Waals surface area contributed by atoms with Gasteiger partial charge in [0.15, 0.2) is 0 Å². The van der Waals surface area contributed by atoms with Crippen LogP contribution in [0.3, 0.4) is 0 Å². The molecule has 0 saturated heterocycles. The molecule has 2 nitrogen and oxygen atoms in total. The van der Waals surface area contributed by atoms with Crippen LogP contribution in [-0.4, -0.2) is 23.9 Å². The van der Waals surface area contributed by atoms with Gasteiger partial charge in [0.2, 0.25) is 0 Å². The van der Waals surface area contributed by atoms with Crippen molar-refractivity contribution in [1.29, 1.82) is 0 Å². The van der Waals surface area contributed by atoms with Crippen LogP contribution in [0.1, 0.15) is 35.9 Å². The van der Waals surface area contributed by atoms with Crippen LogP contribution < -0.4 is 0 Å². The summed E-state index contributed by atoms with van der Waals surface area (Å²) in [6.45, 7) is 3.92. The molecule has 2 rings (SSSR count). The van der Waals surface area contributed by atoms with Crippen molar-refractivity contribution in [1.82, 2.24) is 4.90 Å². The summed E-state index contributed by atoms with van der Waals surface area (Å²) < 4.78 is 0. The van der Waals surface area contributed by atoms with Gasteiger partial charge in [0.05, 0.1) is 4.88 Å². The quantitative estimate of drug-likeness (QED) is 0.800. The molecule has 1 heterocycles. The number of thiophene rings is 1. The predicted octanol–water partition coefficient (Wildman–Crippen LogP) is 3.30. The molecule has 4 heteroatoms. The van der Waals surface area contributed by atoms with Gasteiger partial charge in [0, 0.05) is 23.4 Å². The average molecular weight is 255 g/mol. The molecule has 0 aromatic carbocycles. The summed E-state index contributed by atoms with van der Waals surface area (Å²) in [4.78, 5) is 15.9. The Hall–Kier alpha value is -0.480. The second-order valence-corrected chi connectivity index (χ2v) is 5.79. The summed E-state index contributed by atoms with van der Waals surface area (Å²) >= 11 is 5.73. The van der Waals surface area contributed by atoms with Crippen LogP contribution in [0.5, 0.6) is 0 Å². The Morgan fingerprint density at radius 2 is 2.38 bits per heavy atom. The zero-order valence-electron chi connectivity index (χ0n) is 9.48. The standard InChI is InChI=1S/C12H17NOS2/c1-2-5-13(7-9-3-4-9)12(14)11-6-10(15)8-16-11/h6,8-9,15H,2-5,7H2,1H3. The van der Waals surface area contributed by atoms with E-state index >= 15 is 0 Å². The maximum Gasteiger partial charge on any atom is 0.263 e. The van der Waals surface area contributed by atoms with Crippen molar-refractivity contribution in [3.8, 4) is 0 Å². The molecule has 0 N–H and O–H groups in total. The first-order valence-electron chi connectivity index (χ1n) is 5.77. The van der Waals surface area contributed by atoms with Crippen LogP contribution in [0.4, 0.5) is 0 Å². The Kier molecular flexibility index (Phi) is 3.92. The molecule has 1 saturated carbocycles. The van der Waals surface area contributed by atoms with E-state index in [1.165, 1.54) is 24.2 Å². The van der Waals surface area contributed by atoms with Crippen molar-refractivity contribution in [3.63, 3.8) is 0 Å². The lowest BCUT2D eigenvalue weighted by Crippen LogP contribution is -2.33. The summed E-state index contributed by atoms with van der Waals surface area (Å²) in [5.41, 5.74) is 0. The molecule has 0 unspecified atom stereocenters. The smallest absolute Gasteiger partial charge is 0.263 e. The number of nitrogens with zero attached hydrogens (tertiary/aromatic N) is 1. The summed E-state index contributed by atoms with van der Waals surface area (Å²) in [6.07, 6.45) is 3.60. The summed E-state index contributed by atoms with van der Waals surface area (Å²) in [5, 5.41) is 1.91. The minimum Gasteiger partial charge on any atom is -0.338 e. The Labute approximate surface area is 106 Å². The molecule has 1 amide bonds. The lowest BCUT2D eigenvalue weighted by atomic mass is 10.3. The molecule has 1 fully saturated rings. The monoisotopic (exact) mass is 255 g/mol. The maximum atomic E-state index is 12.2. The van der Waals surface area contributed by atoms with E-state index in [0.29, 0.717) is 0 Å². The van der Waals surface area contributed by atoms with E-state index in [0.717, 1.165) is 35.2 Å². The van der Waals surface area contributed by atoms with Gasteiger partial charge >= 0.3 is 0 Å². The number of carbonyl (C=O) groups excluding carboxylic acids is 1. The number of hydrogen-bond acceptors (Lipinski definition) is 3. The van der Waals surface area contributed by atoms with Gasteiger partial charge in [-0.15, -0.1) is 24.0 Å². The maximum absolute atomic E-state index is 12.2. The van der Waals surface area contributed by atoms with Gasteiger partial charge in [-0.2, -0.15) is 0 Å². The molecule has 0 aliphatic heterocycles. The van der Waals surface area contributed by atoms with Crippen molar-refractivity contribution < 1.29 is 4.79 Å². The summed E-state index contributed by atoms with van der Waals surface area (Å²) in [7, 11) is 0. The van der Waals surface area contributed by atoms with Crippen LogP contribution in [0, 0.1) is 5.92 Å². The van der Waals surface area contributed by atoms with E-state index in [1.807, 2.05) is 16.3 Å². The van der Waals surface area contributed by atoms with Crippen LogP contribution >= 0.6 is 24.0 Å². The lowest BCUT2D eigenvalue weighted by Gasteiger charge is -2.21. The molecule has 1 aromatic heterocycles. The molecule has 16 heavy (non-hydrogen) atoms. The fraction of sp³-hybridized carbons (Fsp3) is 0.583. The van der Waals surface area contributed by atoms with Crippen LogP contribution in [0.25, 0.3) is 0 Å². The highest BCUT2D eigenvalue weighted by molar-refractivity contribution is 7.80. The van der Waals surface area contributed by atoms with E-state index in [-0.39, 0.29) is 5.91 Å². The topological polar surface area (TPSA) is 20.3 Å². The third-order valence-corrected chi connectivity index (χ3v) is 4.10. The van der Waals surface area contributed by atoms with E-state index < -0.39 is 0 Å². The number of rotatable bonds is 5. The second kappa shape index (κ2) is 5.23. The van der Waals surface area contributed by atoms with E-state index in [1.54, 1.807) is 0 Å². The van der Waals surface area contributed by atoms with Gasteiger partial charge in [-0.1, -0.05) is 6.92 Å². The summed E-state index contributed by atoms with van der Waals surface area (Å²) in [5.74, 6) is 0.935. The zero-order valence-corrected chi connectivity index (χ0v) is 11.2. The fourth-order valence-electron chi connectivity index (χ4n) is 1.75. The zero-order chi connectivity index (χ0) is 11.5. The normalized spacial score (nSPS) is 15.1. The van der Waals surface area contributed by atoms with Gasteiger partial charge in [-0.25, -0.2) is 0 Å². The van der Waals surface area contributed by atoms with Crippen LogP contribution in [-0.2, 0) is 0 Å². The highest BCUT2D eigenvalue weighted by Crippen LogP contribution is 2.30. The molecule has 0 spiro atoms. The second-order valence-electron chi connectivity index (χ2n) is 4.36. The minimum atomic E-state index is 0.180. The van der Waals surface area contributed by atoms with Gasteiger partial charge in [0.1, 0.15) is 0 Å². The molecule has 1 aliphatic rings. The minimum absolute atomic E-state index is 0.180. The van der Waals surface area contributed by atoms with E-state index in [9.17, 15) is 4.79 Å². The third kappa shape index (κ3) is 3.01. The van der Waals surface area contributed by atoms with Crippen molar-refractivity contribution in [2.45, 2.75) is 31.1 Å². The van der Waals surface area contributed by atoms with Crippen molar-refractivity contribution >= 4 is 29.9 Å².